The molecule has 1 aliphatic heterocycles. The Balaban J connectivity index is 2.33. The van der Waals surface area contributed by atoms with Crippen molar-refractivity contribution >= 4 is 21.7 Å². The highest BCUT2D eigenvalue weighted by Gasteiger charge is 2.28. The van der Waals surface area contributed by atoms with Gasteiger partial charge in [-0.3, -0.25) is 4.90 Å². The van der Waals surface area contributed by atoms with E-state index in [1.165, 1.54) is 6.07 Å². The van der Waals surface area contributed by atoms with E-state index in [2.05, 4.69) is 0 Å². The Morgan fingerprint density at radius 2 is 2.00 bits per heavy atom. The summed E-state index contributed by atoms with van der Waals surface area (Å²) in [5.74, 6) is 0. The fourth-order valence-corrected chi connectivity index (χ4v) is 2.98. The molecule has 1 aromatic rings. The zero-order valence-corrected chi connectivity index (χ0v) is 12.5. The van der Waals surface area contributed by atoms with E-state index in [0.717, 1.165) is 11.3 Å². The van der Waals surface area contributed by atoms with Crippen LogP contribution in [-0.4, -0.2) is 39.0 Å². The molecule has 0 radical (unpaired) electrons. The standard InChI is InChI=1S/C13H19N3O3S/c1-3-15(4-2)13(17)16-8-7-10-9-11(20(14,18)19)5-6-12(10)16/h5-6,9H,3-4,7-8H2,1-2H3,(H2,14,18,19). The summed E-state index contributed by atoms with van der Waals surface area (Å²) in [6, 6.07) is 4.61. The van der Waals surface area contributed by atoms with Crippen LogP contribution in [0.1, 0.15) is 19.4 Å². The molecule has 0 bridgehead atoms. The van der Waals surface area contributed by atoms with Crippen LogP contribution in [0.2, 0.25) is 0 Å². The Kier molecular flexibility index (Phi) is 4.01. The second-order valence-electron chi connectivity index (χ2n) is 4.69. The summed E-state index contributed by atoms with van der Waals surface area (Å²) in [6.07, 6.45) is 0.645. The van der Waals surface area contributed by atoms with Gasteiger partial charge in [-0.25, -0.2) is 18.4 Å². The number of rotatable bonds is 3. The number of anilines is 1. The number of amides is 2. The van der Waals surface area contributed by atoms with Gasteiger partial charge in [0.05, 0.1) is 4.90 Å². The molecule has 0 atom stereocenters. The molecule has 1 aromatic carbocycles. The fraction of sp³-hybridized carbons (Fsp3) is 0.462. The van der Waals surface area contributed by atoms with E-state index in [0.29, 0.717) is 26.1 Å². The number of urea groups is 1. The van der Waals surface area contributed by atoms with Gasteiger partial charge >= 0.3 is 6.03 Å². The monoisotopic (exact) mass is 297 g/mol. The third-order valence-electron chi connectivity index (χ3n) is 3.54. The molecule has 2 rings (SSSR count). The lowest BCUT2D eigenvalue weighted by Gasteiger charge is -2.26. The van der Waals surface area contributed by atoms with Crippen LogP contribution in [0, 0.1) is 0 Å². The average Bonchev–Trinajstić information content (AvgIpc) is 2.81. The molecule has 0 aromatic heterocycles. The first kappa shape index (κ1) is 14.8. The highest BCUT2D eigenvalue weighted by atomic mass is 32.2. The Labute approximate surface area is 119 Å². The lowest BCUT2D eigenvalue weighted by molar-refractivity contribution is 0.210. The van der Waals surface area contributed by atoms with Crippen LogP contribution in [-0.2, 0) is 16.4 Å². The van der Waals surface area contributed by atoms with Gasteiger partial charge in [-0.15, -0.1) is 0 Å². The molecule has 0 aliphatic carbocycles. The maximum atomic E-state index is 12.4. The van der Waals surface area contributed by atoms with Crippen LogP contribution < -0.4 is 10.0 Å². The van der Waals surface area contributed by atoms with Gasteiger partial charge in [0.25, 0.3) is 0 Å². The topological polar surface area (TPSA) is 83.7 Å². The summed E-state index contributed by atoms with van der Waals surface area (Å²) >= 11 is 0. The number of primary sulfonamides is 1. The Hall–Kier alpha value is -1.60. The van der Waals surface area contributed by atoms with Gasteiger partial charge in [-0.05, 0) is 44.0 Å². The van der Waals surface area contributed by atoms with Crippen molar-refractivity contribution < 1.29 is 13.2 Å². The van der Waals surface area contributed by atoms with Gasteiger partial charge in [-0.1, -0.05) is 0 Å². The molecule has 1 aliphatic rings. The molecular formula is C13H19N3O3S. The number of nitrogens with zero attached hydrogens (tertiary/aromatic N) is 2. The molecule has 2 N–H and O–H groups in total. The molecule has 0 fully saturated rings. The predicted molar refractivity (Wildman–Crippen MR) is 77.2 cm³/mol. The molecule has 0 unspecified atom stereocenters. The van der Waals surface area contributed by atoms with Gasteiger partial charge in [0.1, 0.15) is 0 Å². The Bertz CT molecular complexity index is 624. The van der Waals surface area contributed by atoms with Gasteiger partial charge in [-0.2, -0.15) is 0 Å². The summed E-state index contributed by atoms with van der Waals surface area (Å²) in [6.45, 7) is 5.73. The predicted octanol–water partition coefficient (Wildman–Crippen LogP) is 1.16. The smallest absolute Gasteiger partial charge is 0.324 e. The van der Waals surface area contributed by atoms with Crippen LogP contribution in [0.15, 0.2) is 23.1 Å². The summed E-state index contributed by atoms with van der Waals surface area (Å²) in [5.41, 5.74) is 1.62. The number of sulfonamides is 1. The van der Waals surface area contributed by atoms with Crippen LogP contribution in [0.3, 0.4) is 0 Å². The molecular weight excluding hydrogens is 278 g/mol. The van der Waals surface area contributed by atoms with E-state index in [1.54, 1.807) is 21.9 Å². The summed E-state index contributed by atoms with van der Waals surface area (Å²) < 4.78 is 22.7. The van der Waals surface area contributed by atoms with Crippen molar-refractivity contribution in [3.63, 3.8) is 0 Å². The number of benzene rings is 1. The first-order valence-corrected chi connectivity index (χ1v) is 8.15. The Morgan fingerprint density at radius 3 is 2.55 bits per heavy atom. The molecule has 7 heteroatoms. The molecule has 20 heavy (non-hydrogen) atoms. The summed E-state index contributed by atoms with van der Waals surface area (Å²) in [7, 11) is -3.70. The van der Waals surface area contributed by atoms with Gasteiger partial charge in [0, 0.05) is 25.3 Å². The number of hydrogen-bond donors (Lipinski definition) is 1. The van der Waals surface area contributed by atoms with Crippen molar-refractivity contribution in [1.29, 1.82) is 0 Å². The van der Waals surface area contributed by atoms with E-state index in [-0.39, 0.29) is 10.9 Å². The minimum absolute atomic E-state index is 0.0443. The fourth-order valence-electron chi connectivity index (χ4n) is 2.42. The molecule has 0 saturated carbocycles. The van der Waals surface area contributed by atoms with E-state index in [1.807, 2.05) is 13.8 Å². The zero-order chi connectivity index (χ0) is 14.9. The lowest BCUT2D eigenvalue weighted by Crippen LogP contribution is -2.42. The second kappa shape index (κ2) is 5.41. The minimum Gasteiger partial charge on any atom is -0.325 e. The summed E-state index contributed by atoms with van der Waals surface area (Å²) in [5, 5.41) is 5.12. The van der Waals surface area contributed by atoms with Crippen molar-refractivity contribution in [3.05, 3.63) is 23.8 Å². The minimum atomic E-state index is -3.70. The number of hydrogen-bond acceptors (Lipinski definition) is 3. The normalized spacial score (nSPS) is 14.2. The lowest BCUT2D eigenvalue weighted by atomic mass is 10.2. The van der Waals surface area contributed by atoms with Gasteiger partial charge in [0.15, 0.2) is 0 Å². The van der Waals surface area contributed by atoms with Gasteiger partial charge in [0.2, 0.25) is 10.0 Å². The molecule has 2 amide bonds. The van der Waals surface area contributed by atoms with E-state index < -0.39 is 10.0 Å². The van der Waals surface area contributed by atoms with Crippen LogP contribution in [0.4, 0.5) is 10.5 Å². The number of fused-ring (bicyclic) bond motifs is 1. The third-order valence-corrected chi connectivity index (χ3v) is 4.45. The molecule has 1 heterocycles. The van der Waals surface area contributed by atoms with Crippen molar-refractivity contribution in [2.24, 2.45) is 5.14 Å². The molecule has 0 spiro atoms. The van der Waals surface area contributed by atoms with E-state index in [9.17, 15) is 13.2 Å². The number of nitrogens with two attached hydrogens (primary N) is 1. The Morgan fingerprint density at radius 1 is 1.35 bits per heavy atom. The quantitative estimate of drug-likeness (QED) is 0.908. The average molecular weight is 297 g/mol. The SMILES string of the molecule is CCN(CC)C(=O)N1CCc2cc(S(N)(=O)=O)ccc21. The van der Waals surface area contributed by atoms with Crippen molar-refractivity contribution in [2.75, 3.05) is 24.5 Å². The van der Waals surface area contributed by atoms with Crippen molar-refractivity contribution in [2.45, 2.75) is 25.2 Å². The van der Waals surface area contributed by atoms with Crippen LogP contribution in [0.5, 0.6) is 0 Å². The number of carbonyl (C=O) groups is 1. The molecule has 110 valence electrons. The highest BCUT2D eigenvalue weighted by molar-refractivity contribution is 7.89. The van der Waals surface area contributed by atoms with E-state index in [4.69, 9.17) is 5.14 Å². The first-order chi connectivity index (χ1) is 9.38. The molecule has 6 nitrogen and oxygen atoms in total. The number of carbonyl (C=O) groups excluding carboxylic acids is 1. The van der Waals surface area contributed by atoms with Crippen molar-refractivity contribution in [3.8, 4) is 0 Å². The summed E-state index contributed by atoms with van der Waals surface area (Å²) in [4.78, 5) is 15.9. The highest BCUT2D eigenvalue weighted by Crippen LogP contribution is 2.30. The van der Waals surface area contributed by atoms with Crippen molar-refractivity contribution in [1.82, 2.24) is 4.90 Å². The van der Waals surface area contributed by atoms with Crippen LogP contribution in [0.25, 0.3) is 0 Å². The third kappa shape index (κ3) is 2.64. The van der Waals surface area contributed by atoms with Gasteiger partial charge < -0.3 is 4.90 Å². The van der Waals surface area contributed by atoms with E-state index >= 15 is 0 Å². The molecule has 0 saturated heterocycles. The maximum absolute atomic E-state index is 12.4. The second-order valence-corrected chi connectivity index (χ2v) is 6.25. The largest absolute Gasteiger partial charge is 0.325 e. The first-order valence-electron chi connectivity index (χ1n) is 6.60. The maximum Gasteiger partial charge on any atom is 0.324 e. The zero-order valence-electron chi connectivity index (χ0n) is 11.7. The van der Waals surface area contributed by atoms with Crippen LogP contribution >= 0.6 is 0 Å².